The van der Waals surface area contributed by atoms with E-state index in [4.69, 9.17) is 14.9 Å². The fraction of sp³-hybridized carbons (Fsp3) is 0.333. The lowest BCUT2D eigenvalue weighted by atomic mass is 10.4. The number of anilines is 1. The Hall–Kier alpha value is -2.39. The molecule has 1 fully saturated rings. The van der Waals surface area contributed by atoms with E-state index in [2.05, 4.69) is 60.4 Å². The highest BCUT2D eigenvalue weighted by Crippen LogP contribution is 2.32. The van der Waals surface area contributed by atoms with E-state index in [1.54, 1.807) is 24.0 Å². The molecule has 8 heteroatoms. The fourth-order valence-electron chi connectivity index (χ4n) is 4.07. The van der Waals surface area contributed by atoms with Crippen LogP contribution in [0.3, 0.4) is 0 Å². The zero-order valence-corrected chi connectivity index (χ0v) is 20.0. The van der Waals surface area contributed by atoms with Crippen LogP contribution in [0.25, 0.3) is 0 Å². The van der Waals surface area contributed by atoms with Crippen molar-refractivity contribution >= 4 is 36.3 Å². The lowest BCUT2D eigenvalue weighted by Crippen LogP contribution is -2.61. The van der Waals surface area contributed by atoms with Gasteiger partial charge in [-0.2, -0.15) is 4.98 Å². The maximum atomic E-state index is 12.2. The standard InChI is InChI=1S/C24H29N3O3SSi/c1-2-3-16-32(19-10-6-4-7-11-19,20-12-8-5-9-13-20)29-17-23-30-22(18-31-23)27-15-14-21(25)26-24(27)28/h4-15,22-23H,2-3,16-18H2,1H3,(H2,25,26,28). The van der Waals surface area contributed by atoms with Gasteiger partial charge in [0.1, 0.15) is 17.5 Å². The van der Waals surface area contributed by atoms with Gasteiger partial charge in [0.25, 0.3) is 8.32 Å². The number of nitrogen functional groups attached to an aromatic ring is 1. The third-order valence-corrected chi connectivity index (χ3v) is 11.1. The van der Waals surface area contributed by atoms with Gasteiger partial charge in [-0.1, -0.05) is 80.4 Å². The molecule has 2 aromatic carbocycles. The Morgan fingerprint density at radius 3 is 2.38 bits per heavy atom. The van der Waals surface area contributed by atoms with Crippen LogP contribution in [0, 0.1) is 0 Å². The molecule has 1 aliphatic heterocycles. The first kappa shape index (κ1) is 22.8. The van der Waals surface area contributed by atoms with E-state index in [0.717, 1.165) is 18.9 Å². The molecule has 2 heterocycles. The number of rotatable bonds is 9. The van der Waals surface area contributed by atoms with E-state index in [-0.39, 0.29) is 17.5 Å². The van der Waals surface area contributed by atoms with E-state index < -0.39 is 14.0 Å². The third-order valence-electron chi connectivity index (χ3n) is 5.72. The number of nitrogens with zero attached hydrogens (tertiary/aromatic N) is 2. The highest BCUT2D eigenvalue weighted by atomic mass is 32.2. The van der Waals surface area contributed by atoms with Crippen LogP contribution in [-0.4, -0.2) is 35.7 Å². The van der Waals surface area contributed by atoms with Crippen LogP contribution in [0.5, 0.6) is 0 Å². The van der Waals surface area contributed by atoms with Gasteiger partial charge in [-0.25, -0.2) is 4.79 Å². The van der Waals surface area contributed by atoms with Gasteiger partial charge >= 0.3 is 5.69 Å². The molecule has 2 N–H and O–H groups in total. The van der Waals surface area contributed by atoms with E-state index in [1.165, 1.54) is 14.9 Å². The molecule has 168 valence electrons. The summed E-state index contributed by atoms with van der Waals surface area (Å²) in [6, 6.07) is 23.9. The van der Waals surface area contributed by atoms with Crippen molar-refractivity contribution < 1.29 is 9.16 Å². The number of unbranched alkanes of at least 4 members (excludes halogenated alkanes) is 1. The van der Waals surface area contributed by atoms with Gasteiger partial charge in [0.05, 0.1) is 6.61 Å². The summed E-state index contributed by atoms with van der Waals surface area (Å²) in [4.78, 5) is 16.0. The number of hydrogen-bond donors (Lipinski definition) is 1. The van der Waals surface area contributed by atoms with Gasteiger partial charge in [-0.15, -0.1) is 11.8 Å². The number of benzene rings is 2. The Morgan fingerprint density at radius 2 is 1.78 bits per heavy atom. The minimum absolute atomic E-state index is 0.148. The molecule has 0 radical (unpaired) electrons. The summed E-state index contributed by atoms with van der Waals surface area (Å²) in [6.07, 6.45) is 3.49. The fourth-order valence-corrected chi connectivity index (χ4v) is 9.31. The van der Waals surface area contributed by atoms with Crippen molar-refractivity contribution in [2.45, 2.75) is 37.5 Å². The first-order valence-corrected chi connectivity index (χ1v) is 14.2. The second-order valence-corrected chi connectivity index (χ2v) is 12.7. The monoisotopic (exact) mass is 467 g/mol. The van der Waals surface area contributed by atoms with Crippen LogP contribution < -0.4 is 21.8 Å². The van der Waals surface area contributed by atoms with Crippen LogP contribution in [0.15, 0.2) is 77.7 Å². The molecule has 0 saturated carbocycles. The molecule has 2 atom stereocenters. The highest BCUT2D eigenvalue weighted by molar-refractivity contribution is 8.00. The Kier molecular flexibility index (Phi) is 7.46. The predicted molar refractivity (Wildman–Crippen MR) is 133 cm³/mol. The maximum Gasteiger partial charge on any atom is 0.351 e. The van der Waals surface area contributed by atoms with Crippen LogP contribution >= 0.6 is 11.8 Å². The average molecular weight is 468 g/mol. The van der Waals surface area contributed by atoms with Crippen molar-refractivity contribution in [1.29, 1.82) is 0 Å². The van der Waals surface area contributed by atoms with Crippen molar-refractivity contribution in [3.05, 3.63) is 83.4 Å². The van der Waals surface area contributed by atoms with Crippen molar-refractivity contribution in [3.63, 3.8) is 0 Å². The Labute approximate surface area is 193 Å². The maximum absolute atomic E-state index is 12.2. The lowest BCUT2D eigenvalue weighted by Gasteiger charge is -2.33. The van der Waals surface area contributed by atoms with Gasteiger partial charge < -0.3 is 14.9 Å². The summed E-state index contributed by atoms with van der Waals surface area (Å²) >= 11 is 1.67. The quantitative estimate of drug-likeness (QED) is 0.488. The summed E-state index contributed by atoms with van der Waals surface area (Å²) < 4.78 is 14.6. The highest BCUT2D eigenvalue weighted by Gasteiger charge is 2.40. The molecule has 0 bridgehead atoms. The molecule has 0 aliphatic carbocycles. The lowest BCUT2D eigenvalue weighted by molar-refractivity contribution is -0.00290. The smallest absolute Gasteiger partial charge is 0.351 e. The molecule has 0 amide bonds. The molecule has 6 nitrogen and oxygen atoms in total. The van der Waals surface area contributed by atoms with E-state index in [9.17, 15) is 4.79 Å². The molecule has 4 rings (SSSR count). The normalized spacial score (nSPS) is 18.7. The minimum Gasteiger partial charge on any atom is -0.404 e. The molecule has 1 aliphatic rings. The average Bonchev–Trinajstić information content (AvgIpc) is 3.29. The van der Waals surface area contributed by atoms with Crippen molar-refractivity contribution in [3.8, 4) is 0 Å². The van der Waals surface area contributed by atoms with Crippen molar-refractivity contribution in [2.24, 2.45) is 0 Å². The topological polar surface area (TPSA) is 79.4 Å². The SMILES string of the molecule is CCCC[Si](OCC1OC(n2ccc(N)nc2=O)CS1)(c1ccccc1)c1ccccc1. The number of ether oxygens (including phenoxy) is 1. The molecular weight excluding hydrogens is 438 g/mol. The van der Waals surface area contributed by atoms with Crippen LogP contribution in [0.1, 0.15) is 26.0 Å². The van der Waals surface area contributed by atoms with E-state index in [1.807, 2.05) is 12.1 Å². The van der Waals surface area contributed by atoms with Gasteiger partial charge in [0, 0.05) is 11.9 Å². The second-order valence-electron chi connectivity index (χ2n) is 7.87. The molecule has 1 aromatic heterocycles. The van der Waals surface area contributed by atoms with E-state index >= 15 is 0 Å². The summed E-state index contributed by atoms with van der Waals surface area (Å²) in [6.45, 7) is 2.69. The summed E-state index contributed by atoms with van der Waals surface area (Å²) in [5.41, 5.74) is 5.07. The third kappa shape index (κ3) is 4.99. The molecule has 2 unspecified atom stereocenters. The predicted octanol–water partition coefficient (Wildman–Crippen LogP) is 2.99. The molecular formula is C24H29N3O3SSi. The Balaban J connectivity index is 1.56. The van der Waals surface area contributed by atoms with Gasteiger partial charge in [-0.05, 0) is 22.5 Å². The van der Waals surface area contributed by atoms with Crippen LogP contribution in [0.4, 0.5) is 5.82 Å². The zero-order chi connectivity index (χ0) is 22.4. The number of nitrogens with two attached hydrogens (primary N) is 1. The van der Waals surface area contributed by atoms with Gasteiger partial charge in [0.2, 0.25) is 0 Å². The Morgan fingerprint density at radius 1 is 1.12 bits per heavy atom. The van der Waals surface area contributed by atoms with Gasteiger partial charge in [-0.3, -0.25) is 4.57 Å². The molecule has 32 heavy (non-hydrogen) atoms. The molecule has 1 saturated heterocycles. The summed E-state index contributed by atoms with van der Waals surface area (Å²) in [5, 5.41) is 2.55. The van der Waals surface area contributed by atoms with E-state index in [0.29, 0.717) is 12.4 Å². The second kappa shape index (κ2) is 10.5. The zero-order valence-electron chi connectivity index (χ0n) is 18.2. The number of aromatic nitrogens is 2. The number of hydrogen-bond acceptors (Lipinski definition) is 6. The van der Waals surface area contributed by atoms with Crippen molar-refractivity contribution in [2.75, 3.05) is 18.1 Å². The first-order valence-electron chi connectivity index (χ1n) is 11.0. The summed E-state index contributed by atoms with van der Waals surface area (Å²) in [5.74, 6) is 0.883. The number of thioether (sulfide) groups is 1. The van der Waals surface area contributed by atoms with Crippen molar-refractivity contribution in [1.82, 2.24) is 9.55 Å². The molecule has 0 spiro atoms. The molecule has 3 aromatic rings. The largest absolute Gasteiger partial charge is 0.404 e. The van der Waals surface area contributed by atoms with Crippen LogP contribution in [-0.2, 0) is 9.16 Å². The minimum atomic E-state index is -2.45. The van der Waals surface area contributed by atoms with Gasteiger partial charge in [0.15, 0.2) is 0 Å². The summed E-state index contributed by atoms with van der Waals surface area (Å²) in [7, 11) is -2.45. The first-order chi connectivity index (χ1) is 15.6. The van der Waals surface area contributed by atoms with Crippen LogP contribution in [0.2, 0.25) is 6.04 Å². The Bertz CT molecular complexity index is 1030.